The fraction of sp³-hybridized carbons (Fsp3) is 0.200. The van der Waals surface area contributed by atoms with Crippen molar-refractivity contribution in [3.8, 4) is 0 Å². The van der Waals surface area contributed by atoms with Gasteiger partial charge in [-0.15, -0.1) is 0 Å². The molecule has 3 aromatic carbocycles. The minimum absolute atomic E-state index is 0.204. The van der Waals surface area contributed by atoms with Crippen LogP contribution in [0.1, 0.15) is 27.1 Å². The number of hydrogen-bond donors (Lipinski definition) is 4. The summed E-state index contributed by atoms with van der Waals surface area (Å²) in [6, 6.07) is 21.7. The zero-order valence-corrected chi connectivity index (χ0v) is 19.2. The number of nitrogens with zero attached hydrogens (tertiary/aromatic N) is 1. The van der Waals surface area contributed by atoms with E-state index in [-0.39, 0.29) is 11.8 Å². The van der Waals surface area contributed by atoms with Gasteiger partial charge in [-0.1, -0.05) is 0 Å². The number of amides is 2. The summed E-state index contributed by atoms with van der Waals surface area (Å²) in [6.45, 7) is 0.930. The molecule has 0 radical (unpaired) electrons. The van der Waals surface area contributed by atoms with Gasteiger partial charge in [0.15, 0.2) is 0 Å². The molecular formula is C25H28N4O2S. The van der Waals surface area contributed by atoms with Gasteiger partial charge in [0.2, 0.25) is 0 Å². The number of carbonyl (C=O) groups is 2. The quantitative estimate of drug-likeness (QED) is 0.348. The van der Waals surface area contributed by atoms with E-state index in [9.17, 15) is 9.59 Å². The van der Waals surface area contributed by atoms with Gasteiger partial charge in [-0.2, -0.15) is 12.6 Å². The van der Waals surface area contributed by atoms with Crippen molar-refractivity contribution >= 4 is 47.2 Å². The highest BCUT2D eigenvalue weighted by atomic mass is 32.1. The van der Waals surface area contributed by atoms with Crippen LogP contribution in [0.3, 0.4) is 0 Å². The predicted molar refractivity (Wildman–Crippen MR) is 137 cm³/mol. The lowest BCUT2D eigenvalue weighted by Gasteiger charge is -2.19. The van der Waals surface area contributed by atoms with Gasteiger partial charge < -0.3 is 20.9 Å². The third-order valence-corrected chi connectivity index (χ3v) is 5.37. The maximum absolute atomic E-state index is 12.6. The Labute approximate surface area is 194 Å². The molecule has 3 N–H and O–H groups in total. The fourth-order valence-electron chi connectivity index (χ4n) is 3.14. The van der Waals surface area contributed by atoms with E-state index in [2.05, 4.69) is 33.5 Å². The van der Waals surface area contributed by atoms with E-state index in [0.717, 1.165) is 35.8 Å². The van der Waals surface area contributed by atoms with E-state index in [0.29, 0.717) is 16.8 Å². The lowest BCUT2D eigenvalue weighted by molar-refractivity contribution is 0.102. The van der Waals surface area contributed by atoms with E-state index in [1.165, 1.54) is 0 Å². The van der Waals surface area contributed by atoms with Crippen LogP contribution >= 0.6 is 12.6 Å². The Hall–Kier alpha value is -3.45. The maximum atomic E-state index is 12.6. The van der Waals surface area contributed by atoms with Crippen LogP contribution in [0.2, 0.25) is 0 Å². The first-order valence-corrected chi connectivity index (χ1v) is 11.1. The highest BCUT2D eigenvalue weighted by Gasteiger charge is 2.09. The van der Waals surface area contributed by atoms with Crippen LogP contribution in [0, 0.1) is 0 Å². The van der Waals surface area contributed by atoms with Crippen LogP contribution < -0.4 is 20.9 Å². The van der Waals surface area contributed by atoms with Gasteiger partial charge in [0.05, 0.1) is 0 Å². The maximum Gasteiger partial charge on any atom is 0.255 e. The average Bonchev–Trinajstić information content (AvgIpc) is 2.83. The van der Waals surface area contributed by atoms with Gasteiger partial charge >= 0.3 is 0 Å². The summed E-state index contributed by atoms with van der Waals surface area (Å²) in [5, 5.41) is 8.76. The zero-order chi connectivity index (χ0) is 22.9. The number of nitrogens with one attached hydrogen (secondary N) is 3. The molecule has 0 bridgehead atoms. The molecule has 2 amide bonds. The first-order chi connectivity index (χ1) is 15.5. The number of rotatable bonds is 9. The third kappa shape index (κ3) is 6.28. The average molecular weight is 449 g/mol. The molecule has 0 saturated carbocycles. The fourth-order valence-corrected chi connectivity index (χ4v) is 3.28. The first kappa shape index (κ1) is 23.2. The molecule has 166 valence electrons. The lowest BCUT2D eigenvalue weighted by Crippen LogP contribution is -2.18. The molecule has 0 aliphatic carbocycles. The van der Waals surface area contributed by atoms with Gasteiger partial charge in [-0.3, -0.25) is 9.59 Å². The SMILES string of the molecule is CNc1ccc(C(=O)Nc2ccc(C(=O)Nc3ccc(N(C)CCCS)cc3)cc2)cc1. The van der Waals surface area contributed by atoms with Crippen LogP contribution in [0.25, 0.3) is 0 Å². The summed E-state index contributed by atoms with van der Waals surface area (Å²) in [6.07, 6.45) is 1.01. The zero-order valence-electron chi connectivity index (χ0n) is 18.3. The molecule has 3 rings (SSSR count). The molecule has 0 heterocycles. The van der Waals surface area contributed by atoms with Crippen molar-refractivity contribution in [3.05, 3.63) is 83.9 Å². The minimum atomic E-state index is -0.207. The van der Waals surface area contributed by atoms with Gasteiger partial charge in [-0.05, 0) is 85.0 Å². The lowest BCUT2D eigenvalue weighted by atomic mass is 10.1. The molecule has 7 heteroatoms. The van der Waals surface area contributed by atoms with Crippen molar-refractivity contribution in [1.29, 1.82) is 0 Å². The molecular weight excluding hydrogens is 420 g/mol. The smallest absolute Gasteiger partial charge is 0.255 e. The van der Waals surface area contributed by atoms with Crippen molar-refractivity contribution in [1.82, 2.24) is 0 Å². The molecule has 0 atom stereocenters. The molecule has 0 fully saturated rings. The molecule has 3 aromatic rings. The van der Waals surface area contributed by atoms with E-state index in [4.69, 9.17) is 0 Å². The molecule has 6 nitrogen and oxygen atoms in total. The van der Waals surface area contributed by atoms with Crippen LogP contribution in [0.5, 0.6) is 0 Å². The van der Waals surface area contributed by atoms with E-state index in [1.54, 1.807) is 36.4 Å². The highest BCUT2D eigenvalue weighted by Crippen LogP contribution is 2.19. The van der Waals surface area contributed by atoms with Crippen molar-refractivity contribution in [3.63, 3.8) is 0 Å². The molecule has 0 aliphatic rings. The van der Waals surface area contributed by atoms with Crippen LogP contribution in [0.15, 0.2) is 72.8 Å². The van der Waals surface area contributed by atoms with Crippen LogP contribution in [0.4, 0.5) is 22.7 Å². The second-order valence-corrected chi connectivity index (χ2v) is 7.81. The van der Waals surface area contributed by atoms with Crippen molar-refractivity contribution in [2.45, 2.75) is 6.42 Å². The molecule has 0 unspecified atom stereocenters. The Morgan fingerprint density at radius 1 is 0.750 bits per heavy atom. The summed E-state index contributed by atoms with van der Waals surface area (Å²) >= 11 is 4.25. The van der Waals surface area contributed by atoms with Crippen LogP contribution in [-0.2, 0) is 0 Å². The van der Waals surface area contributed by atoms with E-state index >= 15 is 0 Å². The summed E-state index contributed by atoms with van der Waals surface area (Å²) in [7, 11) is 3.86. The van der Waals surface area contributed by atoms with Crippen molar-refractivity contribution < 1.29 is 9.59 Å². The van der Waals surface area contributed by atoms with Crippen molar-refractivity contribution in [2.75, 3.05) is 47.2 Å². The second-order valence-electron chi connectivity index (χ2n) is 7.36. The molecule has 0 spiro atoms. The predicted octanol–water partition coefficient (Wildman–Crippen LogP) is 4.99. The monoisotopic (exact) mass is 448 g/mol. The summed E-state index contributed by atoms with van der Waals surface area (Å²) < 4.78 is 0. The molecule has 0 aliphatic heterocycles. The number of anilines is 4. The number of thiol groups is 1. The van der Waals surface area contributed by atoms with Gasteiger partial charge in [0.25, 0.3) is 11.8 Å². The van der Waals surface area contributed by atoms with E-state index in [1.807, 2.05) is 50.5 Å². The topological polar surface area (TPSA) is 73.5 Å². The molecule has 0 aromatic heterocycles. The second kappa shape index (κ2) is 11.2. The van der Waals surface area contributed by atoms with Crippen molar-refractivity contribution in [2.24, 2.45) is 0 Å². The Bertz CT molecular complexity index is 1040. The third-order valence-electron chi connectivity index (χ3n) is 5.06. The summed E-state index contributed by atoms with van der Waals surface area (Å²) in [4.78, 5) is 27.1. The largest absolute Gasteiger partial charge is 0.388 e. The number of hydrogen-bond acceptors (Lipinski definition) is 5. The molecule has 32 heavy (non-hydrogen) atoms. The Morgan fingerprint density at radius 3 is 1.62 bits per heavy atom. The summed E-state index contributed by atoms with van der Waals surface area (Å²) in [5.41, 5.74) is 4.45. The Morgan fingerprint density at radius 2 is 1.19 bits per heavy atom. The van der Waals surface area contributed by atoms with Gasteiger partial charge in [0.1, 0.15) is 0 Å². The van der Waals surface area contributed by atoms with Crippen LogP contribution in [-0.4, -0.2) is 38.2 Å². The number of benzene rings is 3. The van der Waals surface area contributed by atoms with Gasteiger partial charge in [-0.25, -0.2) is 0 Å². The number of carbonyl (C=O) groups excluding carboxylic acids is 2. The highest BCUT2D eigenvalue weighted by molar-refractivity contribution is 7.80. The first-order valence-electron chi connectivity index (χ1n) is 10.4. The minimum Gasteiger partial charge on any atom is -0.388 e. The Kier molecular flexibility index (Phi) is 8.16. The summed E-state index contributed by atoms with van der Waals surface area (Å²) in [5.74, 6) is 0.441. The van der Waals surface area contributed by atoms with E-state index < -0.39 is 0 Å². The van der Waals surface area contributed by atoms with Gasteiger partial charge in [0, 0.05) is 54.5 Å². The normalized spacial score (nSPS) is 10.3. The molecule has 0 saturated heterocycles. The Balaban J connectivity index is 1.57. The standard InChI is InChI=1S/C25H28N4O2S/c1-26-20-8-4-18(5-9-20)24(30)27-21-10-6-19(7-11-21)25(31)28-22-12-14-23(15-13-22)29(2)16-3-17-32/h4-15,26,32H,3,16-17H2,1-2H3,(H,27,30)(H,28,31).